The molecule has 0 aromatic carbocycles. The molecular formula is C20H33IN4O2. The van der Waals surface area contributed by atoms with E-state index in [9.17, 15) is 0 Å². The van der Waals surface area contributed by atoms with Gasteiger partial charge in [-0.05, 0) is 50.9 Å². The molecule has 1 N–H and O–H groups in total. The molecule has 6 nitrogen and oxygen atoms in total. The highest BCUT2D eigenvalue weighted by Crippen LogP contribution is 2.38. The standard InChI is InChI=1S/C20H32N4O2.HI/c1-21-19(24-11-7-20(15-24)8-13-25-16-20)22-14-17(18-6-5-12-26-18)23-9-3-2-4-10-23;/h5-6,12,17H,2-4,7-11,13-16H2,1H3,(H,21,22);1H. The van der Waals surface area contributed by atoms with Gasteiger partial charge in [-0.15, -0.1) is 24.0 Å². The second-order valence-corrected chi connectivity index (χ2v) is 8.03. The zero-order chi connectivity index (χ0) is 17.8. The molecule has 0 saturated carbocycles. The first-order chi connectivity index (χ1) is 12.8. The van der Waals surface area contributed by atoms with Gasteiger partial charge in [0.15, 0.2) is 5.96 Å². The van der Waals surface area contributed by atoms with Gasteiger partial charge in [-0.3, -0.25) is 9.89 Å². The highest BCUT2D eigenvalue weighted by atomic mass is 127. The lowest BCUT2D eigenvalue weighted by Gasteiger charge is -2.34. The monoisotopic (exact) mass is 488 g/mol. The number of ether oxygens (including phenoxy) is 1. The van der Waals surface area contributed by atoms with Crippen LogP contribution in [-0.4, -0.2) is 68.7 Å². The average Bonchev–Trinajstić information content (AvgIpc) is 3.44. The summed E-state index contributed by atoms with van der Waals surface area (Å²) in [5, 5.41) is 3.64. The van der Waals surface area contributed by atoms with Gasteiger partial charge in [-0.1, -0.05) is 6.42 Å². The van der Waals surface area contributed by atoms with E-state index in [1.165, 1.54) is 32.1 Å². The van der Waals surface area contributed by atoms with Gasteiger partial charge in [0.05, 0.1) is 18.9 Å². The Hall–Kier alpha value is -0.800. The van der Waals surface area contributed by atoms with E-state index in [4.69, 9.17) is 9.15 Å². The molecule has 2 unspecified atom stereocenters. The summed E-state index contributed by atoms with van der Waals surface area (Å²) in [6.45, 7) is 7.07. The Morgan fingerprint density at radius 3 is 2.78 bits per heavy atom. The maximum absolute atomic E-state index is 5.76. The van der Waals surface area contributed by atoms with E-state index < -0.39 is 0 Å². The topological polar surface area (TPSA) is 53.2 Å². The molecule has 27 heavy (non-hydrogen) atoms. The van der Waals surface area contributed by atoms with Gasteiger partial charge in [0.25, 0.3) is 0 Å². The highest BCUT2D eigenvalue weighted by Gasteiger charge is 2.42. The van der Waals surface area contributed by atoms with Crippen molar-refractivity contribution in [3.05, 3.63) is 24.2 Å². The summed E-state index contributed by atoms with van der Waals surface area (Å²) < 4.78 is 11.4. The fourth-order valence-corrected chi connectivity index (χ4v) is 4.73. The molecule has 4 rings (SSSR count). The van der Waals surface area contributed by atoms with Gasteiger partial charge in [-0.25, -0.2) is 0 Å². The summed E-state index contributed by atoms with van der Waals surface area (Å²) in [6, 6.07) is 4.36. The van der Waals surface area contributed by atoms with Crippen LogP contribution >= 0.6 is 24.0 Å². The fourth-order valence-electron chi connectivity index (χ4n) is 4.73. The number of nitrogens with one attached hydrogen (secondary N) is 1. The molecule has 1 spiro atoms. The molecule has 0 aliphatic carbocycles. The third-order valence-corrected chi connectivity index (χ3v) is 6.29. The maximum atomic E-state index is 5.76. The summed E-state index contributed by atoms with van der Waals surface area (Å²) in [5.41, 5.74) is 0.352. The number of nitrogens with zero attached hydrogens (tertiary/aromatic N) is 3. The Labute approximate surface area is 179 Å². The Kier molecular flexibility index (Phi) is 7.44. The number of halogens is 1. The van der Waals surface area contributed by atoms with Crippen molar-refractivity contribution in [3.8, 4) is 0 Å². The molecule has 3 fully saturated rings. The van der Waals surface area contributed by atoms with E-state index in [0.29, 0.717) is 5.41 Å². The van der Waals surface area contributed by atoms with Gasteiger partial charge >= 0.3 is 0 Å². The van der Waals surface area contributed by atoms with E-state index in [0.717, 1.165) is 57.7 Å². The van der Waals surface area contributed by atoms with Crippen LogP contribution in [0.2, 0.25) is 0 Å². The minimum atomic E-state index is 0. The van der Waals surface area contributed by atoms with Crippen LogP contribution in [0.3, 0.4) is 0 Å². The van der Waals surface area contributed by atoms with Crippen LogP contribution in [0.5, 0.6) is 0 Å². The number of hydrogen-bond acceptors (Lipinski definition) is 4. The van der Waals surface area contributed by atoms with Crippen molar-refractivity contribution in [2.24, 2.45) is 10.4 Å². The van der Waals surface area contributed by atoms with Crippen molar-refractivity contribution in [1.82, 2.24) is 15.1 Å². The zero-order valence-corrected chi connectivity index (χ0v) is 18.7. The molecule has 0 radical (unpaired) electrons. The summed E-state index contributed by atoms with van der Waals surface area (Å²) in [5.74, 6) is 2.07. The van der Waals surface area contributed by atoms with E-state index >= 15 is 0 Å². The Balaban J connectivity index is 0.00000210. The Morgan fingerprint density at radius 2 is 2.11 bits per heavy atom. The lowest BCUT2D eigenvalue weighted by molar-refractivity contribution is 0.145. The summed E-state index contributed by atoms with van der Waals surface area (Å²) in [6.07, 6.45) is 8.08. The van der Waals surface area contributed by atoms with Gasteiger partial charge in [0.1, 0.15) is 5.76 Å². The van der Waals surface area contributed by atoms with E-state index in [2.05, 4.69) is 26.2 Å². The Bertz CT molecular complexity index is 595. The van der Waals surface area contributed by atoms with Crippen LogP contribution in [0.25, 0.3) is 0 Å². The average molecular weight is 488 g/mol. The number of aliphatic imine (C=N–C) groups is 1. The van der Waals surface area contributed by atoms with Crippen LogP contribution in [-0.2, 0) is 4.74 Å². The lowest BCUT2D eigenvalue weighted by atomic mass is 9.87. The molecule has 3 saturated heterocycles. The predicted octanol–water partition coefficient (Wildman–Crippen LogP) is 3.11. The number of furan rings is 1. The largest absolute Gasteiger partial charge is 0.468 e. The van der Waals surface area contributed by atoms with E-state index in [1.54, 1.807) is 6.26 Å². The molecule has 0 bridgehead atoms. The van der Waals surface area contributed by atoms with Gasteiger partial charge in [0.2, 0.25) is 0 Å². The predicted molar refractivity (Wildman–Crippen MR) is 118 cm³/mol. The van der Waals surface area contributed by atoms with Crippen molar-refractivity contribution in [1.29, 1.82) is 0 Å². The third-order valence-electron chi connectivity index (χ3n) is 6.29. The minimum Gasteiger partial charge on any atom is -0.468 e. The summed E-state index contributed by atoms with van der Waals surface area (Å²) in [4.78, 5) is 9.53. The van der Waals surface area contributed by atoms with Crippen molar-refractivity contribution >= 4 is 29.9 Å². The van der Waals surface area contributed by atoms with Crippen molar-refractivity contribution < 1.29 is 9.15 Å². The fraction of sp³-hybridized carbons (Fsp3) is 0.750. The molecule has 1 aromatic rings. The first kappa shape index (κ1) is 20.9. The zero-order valence-electron chi connectivity index (χ0n) is 16.4. The minimum absolute atomic E-state index is 0. The normalized spacial score (nSPS) is 27.7. The third kappa shape index (κ3) is 4.79. The van der Waals surface area contributed by atoms with E-state index in [-0.39, 0.29) is 30.0 Å². The van der Waals surface area contributed by atoms with Crippen LogP contribution in [0.1, 0.15) is 43.9 Å². The molecule has 2 atom stereocenters. The Morgan fingerprint density at radius 1 is 1.26 bits per heavy atom. The molecule has 4 heterocycles. The van der Waals surface area contributed by atoms with Crippen molar-refractivity contribution in [3.63, 3.8) is 0 Å². The smallest absolute Gasteiger partial charge is 0.193 e. The molecule has 7 heteroatoms. The SMILES string of the molecule is CN=C(NCC(c1ccco1)N1CCCCC1)N1CCC2(CCOC2)C1.I. The van der Waals surface area contributed by atoms with Crippen LogP contribution in [0.15, 0.2) is 27.8 Å². The van der Waals surface area contributed by atoms with Crippen molar-refractivity contribution in [2.75, 3.05) is 53.0 Å². The molecule has 3 aliphatic rings. The highest BCUT2D eigenvalue weighted by molar-refractivity contribution is 14.0. The molecule has 3 aliphatic heterocycles. The van der Waals surface area contributed by atoms with Crippen LogP contribution in [0.4, 0.5) is 0 Å². The van der Waals surface area contributed by atoms with Gasteiger partial charge in [0, 0.05) is 38.7 Å². The van der Waals surface area contributed by atoms with E-state index in [1.807, 2.05) is 13.1 Å². The molecule has 152 valence electrons. The van der Waals surface area contributed by atoms with Crippen LogP contribution in [0, 0.1) is 5.41 Å². The number of hydrogen-bond donors (Lipinski definition) is 1. The van der Waals surface area contributed by atoms with Crippen molar-refractivity contribution in [2.45, 2.75) is 38.1 Å². The first-order valence-corrected chi connectivity index (χ1v) is 10.1. The number of guanidine groups is 1. The number of likely N-dealkylation sites (tertiary alicyclic amines) is 2. The second-order valence-electron chi connectivity index (χ2n) is 8.03. The molecule has 0 amide bonds. The molecule has 1 aromatic heterocycles. The number of piperidine rings is 1. The summed E-state index contributed by atoms with van der Waals surface area (Å²) >= 11 is 0. The molecular weight excluding hydrogens is 455 g/mol. The second kappa shape index (κ2) is 9.60. The van der Waals surface area contributed by atoms with Crippen LogP contribution < -0.4 is 5.32 Å². The van der Waals surface area contributed by atoms with Gasteiger partial charge in [-0.2, -0.15) is 0 Å². The maximum Gasteiger partial charge on any atom is 0.193 e. The van der Waals surface area contributed by atoms with Gasteiger partial charge < -0.3 is 19.4 Å². The lowest BCUT2D eigenvalue weighted by Crippen LogP contribution is -2.46. The summed E-state index contributed by atoms with van der Waals surface area (Å²) in [7, 11) is 1.89. The quantitative estimate of drug-likeness (QED) is 0.401. The first-order valence-electron chi connectivity index (χ1n) is 10.1. The number of rotatable bonds is 4.